The van der Waals surface area contributed by atoms with Gasteiger partial charge in [-0.1, -0.05) is 24.3 Å². The summed E-state index contributed by atoms with van der Waals surface area (Å²) >= 11 is 0. The molecular weight excluding hydrogens is 205 g/mol. The van der Waals surface area contributed by atoms with Crippen molar-refractivity contribution in [2.24, 2.45) is 5.14 Å². The van der Waals surface area contributed by atoms with Crippen molar-refractivity contribution in [1.29, 1.82) is 0 Å². The van der Waals surface area contributed by atoms with Crippen molar-refractivity contribution in [1.82, 2.24) is 0 Å². The molecule has 0 saturated heterocycles. The summed E-state index contributed by atoms with van der Waals surface area (Å²) in [6.07, 6.45) is 0. The molecule has 1 aromatic carbocycles. The van der Waals surface area contributed by atoms with E-state index in [1.165, 1.54) is 12.1 Å². The Bertz CT molecular complexity index is 417. The Balaban J connectivity index is 3.08. The highest BCUT2D eigenvalue weighted by Gasteiger charge is 2.17. The number of hydrogen-bond donors (Lipinski definition) is 3. The van der Waals surface area contributed by atoms with Crippen LogP contribution in [-0.4, -0.2) is 25.6 Å². The van der Waals surface area contributed by atoms with Gasteiger partial charge < -0.3 is 10.0 Å². The molecule has 1 aromatic rings. The van der Waals surface area contributed by atoms with Crippen LogP contribution in [0, 0.1) is 0 Å². The van der Waals surface area contributed by atoms with Crippen molar-refractivity contribution in [3.8, 4) is 0 Å². The van der Waals surface area contributed by atoms with Crippen LogP contribution in [-0.2, 0) is 15.8 Å². The van der Waals surface area contributed by atoms with Gasteiger partial charge in [0, 0.05) is 0 Å². The van der Waals surface area contributed by atoms with Crippen LogP contribution in [0.5, 0.6) is 0 Å². The molecule has 0 heterocycles. The predicted octanol–water partition coefficient (Wildman–Crippen LogP) is -1.85. The fourth-order valence-corrected chi connectivity index (χ4v) is 1.83. The third-order valence-electron chi connectivity index (χ3n) is 1.69. The Labute approximate surface area is 82.4 Å². The molecule has 14 heavy (non-hydrogen) atoms. The van der Waals surface area contributed by atoms with Crippen LogP contribution < -0.4 is 10.6 Å². The van der Waals surface area contributed by atoms with Gasteiger partial charge in [-0.25, -0.2) is 13.6 Å². The lowest BCUT2D eigenvalue weighted by molar-refractivity contribution is 0.425. The topological polar surface area (TPSA) is 101 Å². The van der Waals surface area contributed by atoms with Crippen LogP contribution in [0.1, 0.15) is 5.56 Å². The van der Waals surface area contributed by atoms with E-state index in [9.17, 15) is 8.42 Å². The maximum absolute atomic E-state index is 10.8. The standard InChI is InChI=1S/C7H10BNO4S/c9-14(12,13)5-6-3-1-2-4-7(6)8(10)11/h1-4,10-11H,5H2,(H2,9,12,13). The minimum Gasteiger partial charge on any atom is -0.423 e. The largest absolute Gasteiger partial charge is 0.488 e. The monoisotopic (exact) mass is 215 g/mol. The summed E-state index contributed by atoms with van der Waals surface area (Å²) in [7, 11) is -5.34. The first-order valence-corrected chi connectivity index (χ1v) is 5.56. The van der Waals surface area contributed by atoms with E-state index in [0.29, 0.717) is 5.56 Å². The minimum absolute atomic E-state index is 0.154. The molecule has 4 N–H and O–H groups in total. The van der Waals surface area contributed by atoms with Gasteiger partial charge in [-0.15, -0.1) is 0 Å². The van der Waals surface area contributed by atoms with Crippen molar-refractivity contribution in [3.63, 3.8) is 0 Å². The Hall–Kier alpha value is -0.885. The number of benzene rings is 1. The number of primary sulfonamides is 1. The molecule has 0 aliphatic rings. The van der Waals surface area contributed by atoms with Crippen molar-refractivity contribution in [2.45, 2.75) is 5.75 Å². The Morgan fingerprint density at radius 1 is 1.29 bits per heavy atom. The highest BCUT2D eigenvalue weighted by Crippen LogP contribution is 2.01. The molecule has 0 aliphatic heterocycles. The lowest BCUT2D eigenvalue weighted by atomic mass is 9.77. The van der Waals surface area contributed by atoms with Crippen molar-refractivity contribution in [2.75, 3.05) is 0 Å². The molecule has 0 spiro atoms. The van der Waals surface area contributed by atoms with Gasteiger partial charge in [-0.2, -0.15) is 0 Å². The van der Waals surface area contributed by atoms with Crippen LogP contribution in [0.15, 0.2) is 24.3 Å². The summed E-state index contributed by atoms with van der Waals surface area (Å²) in [4.78, 5) is 0. The molecular formula is C7H10BNO4S. The van der Waals surface area contributed by atoms with Gasteiger partial charge in [0.15, 0.2) is 0 Å². The van der Waals surface area contributed by atoms with E-state index < -0.39 is 22.9 Å². The van der Waals surface area contributed by atoms with Crippen molar-refractivity contribution >= 4 is 22.6 Å². The molecule has 0 aliphatic carbocycles. The third-order valence-corrected chi connectivity index (χ3v) is 2.40. The highest BCUT2D eigenvalue weighted by atomic mass is 32.2. The third kappa shape index (κ3) is 3.11. The van der Waals surface area contributed by atoms with E-state index in [2.05, 4.69) is 0 Å². The first-order valence-electron chi connectivity index (χ1n) is 3.84. The van der Waals surface area contributed by atoms with E-state index in [0.717, 1.165) is 0 Å². The maximum atomic E-state index is 10.8. The molecule has 76 valence electrons. The average Bonchev–Trinajstić information content (AvgIpc) is 2.01. The number of hydrogen-bond acceptors (Lipinski definition) is 4. The average molecular weight is 215 g/mol. The summed E-state index contributed by atoms with van der Waals surface area (Å²) in [5.41, 5.74) is 0.450. The lowest BCUT2D eigenvalue weighted by Crippen LogP contribution is -2.34. The van der Waals surface area contributed by atoms with Gasteiger partial charge in [0.05, 0.1) is 5.75 Å². The van der Waals surface area contributed by atoms with Gasteiger partial charge in [-0.05, 0) is 11.0 Å². The van der Waals surface area contributed by atoms with Crippen LogP contribution in [0.25, 0.3) is 0 Å². The second-order valence-electron chi connectivity index (χ2n) is 2.88. The highest BCUT2D eigenvalue weighted by molar-refractivity contribution is 7.88. The van der Waals surface area contributed by atoms with E-state index in [1.807, 2.05) is 0 Å². The zero-order valence-electron chi connectivity index (χ0n) is 7.29. The SMILES string of the molecule is NS(=O)(=O)Cc1ccccc1B(O)O. The van der Waals surface area contributed by atoms with E-state index in [4.69, 9.17) is 15.2 Å². The minimum atomic E-state index is -3.66. The molecule has 0 fully saturated rings. The van der Waals surface area contributed by atoms with Crippen molar-refractivity contribution < 1.29 is 18.5 Å². The lowest BCUT2D eigenvalue weighted by Gasteiger charge is -2.06. The van der Waals surface area contributed by atoms with Crippen LogP contribution in [0.2, 0.25) is 0 Å². The smallest absolute Gasteiger partial charge is 0.423 e. The molecule has 1 rings (SSSR count). The number of nitrogens with two attached hydrogens (primary N) is 1. The van der Waals surface area contributed by atoms with Gasteiger partial charge in [-0.3, -0.25) is 0 Å². The van der Waals surface area contributed by atoms with E-state index >= 15 is 0 Å². The summed E-state index contributed by atoms with van der Waals surface area (Å²) in [6, 6.07) is 6.11. The van der Waals surface area contributed by atoms with Gasteiger partial charge >= 0.3 is 7.12 Å². The summed E-state index contributed by atoms with van der Waals surface area (Å²) in [5, 5.41) is 22.7. The molecule has 0 atom stereocenters. The first kappa shape index (κ1) is 11.2. The first-order chi connectivity index (χ1) is 6.40. The number of sulfonamides is 1. The fraction of sp³-hybridized carbons (Fsp3) is 0.143. The molecule has 0 radical (unpaired) electrons. The second kappa shape index (κ2) is 4.10. The second-order valence-corrected chi connectivity index (χ2v) is 4.49. The zero-order valence-corrected chi connectivity index (χ0v) is 8.11. The molecule has 0 saturated carbocycles. The van der Waals surface area contributed by atoms with E-state index in [-0.39, 0.29) is 5.46 Å². The quantitative estimate of drug-likeness (QED) is 0.515. The molecule has 0 amide bonds. The number of rotatable bonds is 3. The van der Waals surface area contributed by atoms with Gasteiger partial charge in [0.25, 0.3) is 0 Å². The summed E-state index contributed by atoms with van der Waals surface area (Å²) in [5.74, 6) is -0.402. The predicted molar refractivity (Wildman–Crippen MR) is 53.1 cm³/mol. The Morgan fingerprint density at radius 3 is 2.36 bits per heavy atom. The van der Waals surface area contributed by atoms with Gasteiger partial charge in [0.2, 0.25) is 10.0 Å². The summed E-state index contributed by atoms with van der Waals surface area (Å²) < 4.78 is 21.6. The normalized spacial score (nSPS) is 11.4. The fourth-order valence-electron chi connectivity index (χ4n) is 1.13. The molecule has 0 aromatic heterocycles. The van der Waals surface area contributed by atoms with Crippen LogP contribution in [0.3, 0.4) is 0 Å². The van der Waals surface area contributed by atoms with Crippen LogP contribution >= 0.6 is 0 Å². The Morgan fingerprint density at radius 2 is 1.86 bits per heavy atom. The Kier molecular flexibility index (Phi) is 3.27. The molecule has 0 bridgehead atoms. The molecule has 0 unspecified atom stereocenters. The zero-order chi connectivity index (χ0) is 10.8. The van der Waals surface area contributed by atoms with Crippen molar-refractivity contribution in [3.05, 3.63) is 29.8 Å². The van der Waals surface area contributed by atoms with Crippen LogP contribution in [0.4, 0.5) is 0 Å². The molecule has 5 nitrogen and oxygen atoms in total. The van der Waals surface area contributed by atoms with E-state index in [1.54, 1.807) is 12.1 Å². The maximum Gasteiger partial charge on any atom is 0.488 e. The summed E-state index contributed by atoms with van der Waals surface area (Å²) in [6.45, 7) is 0. The molecule has 7 heteroatoms. The van der Waals surface area contributed by atoms with Gasteiger partial charge in [0.1, 0.15) is 0 Å².